The van der Waals surface area contributed by atoms with E-state index >= 15 is 0 Å². The molecule has 1 aliphatic carbocycles. The molecule has 4 aromatic rings. The van der Waals surface area contributed by atoms with E-state index in [1.807, 2.05) is 24.3 Å². The predicted molar refractivity (Wildman–Crippen MR) is 189 cm³/mol. The van der Waals surface area contributed by atoms with E-state index in [0.29, 0.717) is 45.3 Å². The first-order valence-corrected chi connectivity index (χ1v) is 16.0. The van der Waals surface area contributed by atoms with E-state index in [9.17, 15) is 19.2 Å². The fourth-order valence-corrected chi connectivity index (χ4v) is 5.61. The van der Waals surface area contributed by atoms with Gasteiger partial charge in [0.05, 0.1) is 11.1 Å². The molecule has 0 bridgehead atoms. The van der Waals surface area contributed by atoms with Crippen molar-refractivity contribution in [1.82, 2.24) is 0 Å². The number of carbonyl (C=O) groups is 4. The number of ether oxygens (including phenoxy) is 6. The SMILES string of the molecule is C=C(C)C(=O)OCOc1ccc(C(=O)Oc2ccc3c(c2)C(C)(C)c2cc(OC(=O)c4ccc(OCOC(=O)C(=C)C)cc4C)ccc2-3)c(C)c1. The largest absolute Gasteiger partial charge is 0.457 e. The molecule has 1 aliphatic rings. The van der Waals surface area contributed by atoms with Crippen molar-refractivity contribution in [2.24, 2.45) is 0 Å². The molecule has 0 fully saturated rings. The highest BCUT2D eigenvalue weighted by molar-refractivity contribution is 5.94. The maximum absolute atomic E-state index is 13.2. The molecule has 0 N–H and O–H groups in total. The Morgan fingerprint density at radius 2 is 0.941 bits per heavy atom. The second-order valence-electron chi connectivity index (χ2n) is 12.7. The number of hydrogen-bond donors (Lipinski definition) is 0. The Bertz CT molecular complexity index is 1940. The maximum atomic E-state index is 13.2. The van der Waals surface area contributed by atoms with Gasteiger partial charge in [0.15, 0.2) is 0 Å². The van der Waals surface area contributed by atoms with Gasteiger partial charge in [-0.2, -0.15) is 0 Å². The minimum absolute atomic E-state index is 0.266. The number of hydrogen-bond acceptors (Lipinski definition) is 10. The van der Waals surface area contributed by atoms with Crippen LogP contribution >= 0.6 is 0 Å². The van der Waals surface area contributed by atoms with Crippen LogP contribution in [0.15, 0.2) is 97.1 Å². The minimum atomic E-state index is -0.556. The Kier molecular flexibility index (Phi) is 10.5. The summed E-state index contributed by atoms with van der Waals surface area (Å²) in [6.07, 6.45) is 0. The highest BCUT2D eigenvalue weighted by atomic mass is 16.7. The van der Waals surface area contributed by atoms with Gasteiger partial charge in [-0.25, -0.2) is 19.2 Å². The average molecular weight is 691 g/mol. The summed E-state index contributed by atoms with van der Waals surface area (Å²) >= 11 is 0. The molecule has 5 rings (SSSR count). The number of benzene rings is 4. The minimum Gasteiger partial charge on any atom is -0.457 e. The van der Waals surface area contributed by atoms with E-state index in [4.69, 9.17) is 28.4 Å². The molecular formula is C41H38O10. The molecule has 51 heavy (non-hydrogen) atoms. The first-order valence-electron chi connectivity index (χ1n) is 16.0. The molecule has 0 amide bonds. The van der Waals surface area contributed by atoms with Crippen molar-refractivity contribution in [3.05, 3.63) is 130 Å². The van der Waals surface area contributed by atoms with Crippen LogP contribution in [-0.4, -0.2) is 37.5 Å². The van der Waals surface area contributed by atoms with Gasteiger partial charge in [-0.1, -0.05) is 39.1 Å². The Hall–Kier alpha value is -6.16. The van der Waals surface area contributed by atoms with Crippen molar-refractivity contribution < 1.29 is 47.6 Å². The van der Waals surface area contributed by atoms with Crippen LogP contribution in [0, 0.1) is 13.8 Å². The van der Waals surface area contributed by atoms with Crippen LogP contribution in [0.3, 0.4) is 0 Å². The molecule has 0 aliphatic heterocycles. The Morgan fingerprint density at radius 3 is 1.29 bits per heavy atom. The van der Waals surface area contributed by atoms with E-state index in [0.717, 1.165) is 22.3 Å². The second kappa shape index (κ2) is 14.8. The molecule has 0 unspecified atom stereocenters. The van der Waals surface area contributed by atoms with Crippen LogP contribution in [0.5, 0.6) is 23.0 Å². The van der Waals surface area contributed by atoms with E-state index in [-0.39, 0.29) is 24.7 Å². The highest BCUT2D eigenvalue weighted by Crippen LogP contribution is 2.50. The van der Waals surface area contributed by atoms with Crippen LogP contribution in [-0.2, 0) is 24.5 Å². The summed E-state index contributed by atoms with van der Waals surface area (Å²) in [4.78, 5) is 49.5. The third-order valence-corrected chi connectivity index (χ3v) is 8.40. The smallest absolute Gasteiger partial charge is 0.343 e. The summed E-state index contributed by atoms with van der Waals surface area (Å²) in [5.74, 6) is -0.547. The van der Waals surface area contributed by atoms with E-state index < -0.39 is 29.3 Å². The summed E-state index contributed by atoms with van der Waals surface area (Å²) in [6.45, 7) is 17.2. The Morgan fingerprint density at radius 1 is 0.569 bits per heavy atom. The van der Waals surface area contributed by atoms with E-state index in [1.165, 1.54) is 0 Å². The zero-order valence-electron chi connectivity index (χ0n) is 29.3. The van der Waals surface area contributed by atoms with Crippen molar-refractivity contribution in [2.45, 2.75) is 47.0 Å². The monoisotopic (exact) mass is 690 g/mol. The lowest BCUT2D eigenvalue weighted by atomic mass is 9.82. The molecule has 10 nitrogen and oxygen atoms in total. The summed E-state index contributed by atoms with van der Waals surface area (Å²) in [5, 5.41) is 0. The standard InChI is InChI=1S/C41H38O10/c1-23(2)37(42)48-21-46-27-9-13-31(25(5)17-27)39(44)50-29-11-15-33-34-16-12-30(20-36(34)41(7,8)35(33)19-29)51-40(45)32-14-10-28(18-26(32)6)47-22-49-38(43)24(3)4/h9-20H,1,3,21-22H2,2,4-8H3. The molecule has 10 heteroatoms. The number of esters is 4. The van der Waals surface area contributed by atoms with Gasteiger partial charge in [0.1, 0.15) is 23.0 Å². The van der Waals surface area contributed by atoms with Gasteiger partial charge in [0.25, 0.3) is 0 Å². The average Bonchev–Trinajstić information content (AvgIpc) is 3.29. The van der Waals surface area contributed by atoms with Gasteiger partial charge < -0.3 is 28.4 Å². The summed E-state index contributed by atoms with van der Waals surface area (Å²) in [6, 6.07) is 20.8. The van der Waals surface area contributed by atoms with Crippen LogP contribution in [0.25, 0.3) is 11.1 Å². The second-order valence-corrected chi connectivity index (χ2v) is 12.7. The number of carbonyl (C=O) groups excluding carboxylic acids is 4. The topological polar surface area (TPSA) is 124 Å². The molecule has 0 saturated carbocycles. The molecule has 4 aromatic carbocycles. The summed E-state index contributed by atoms with van der Waals surface area (Å²) in [7, 11) is 0. The van der Waals surface area contributed by atoms with Gasteiger partial charge in [0.2, 0.25) is 13.6 Å². The molecular weight excluding hydrogens is 652 g/mol. The normalized spacial score (nSPS) is 12.1. The zero-order valence-corrected chi connectivity index (χ0v) is 29.3. The van der Waals surface area contributed by atoms with Crippen LogP contribution in [0.2, 0.25) is 0 Å². The number of aryl methyl sites for hydroxylation is 2. The lowest BCUT2D eigenvalue weighted by Crippen LogP contribution is -2.16. The van der Waals surface area contributed by atoms with Gasteiger partial charge in [-0.15, -0.1) is 0 Å². The van der Waals surface area contributed by atoms with Gasteiger partial charge >= 0.3 is 23.9 Å². The fourth-order valence-electron chi connectivity index (χ4n) is 5.61. The molecule has 262 valence electrons. The number of fused-ring (bicyclic) bond motifs is 3. The third kappa shape index (κ3) is 8.02. The quantitative estimate of drug-likeness (QED) is 0.0626. The molecule has 0 heterocycles. The van der Waals surface area contributed by atoms with Crippen LogP contribution < -0.4 is 18.9 Å². The van der Waals surface area contributed by atoms with E-state index in [1.54, 1.807) is 76.2 Å². The molecule has 0 atom stereocenters. The molecule has 0 saturated heterocycles. The van der Waals surface area contributed by atoms with Crippen LogP contribution in [0.4, 0.5) is 0 Å². The van der Waals surface area contributed by atoms with Gasteiger partial charge in [-0.3, -0.25) is 0 Å². The first-order chi connectivity index (χ1) is 24.1. The maximum Gasteiger partial charge on any atom is 0.343 e. The van der Waals surface area contributed by atoms with Crippen molar-refractivity contribution in [3.8, 4) is 34.1 Å². The van der Waals surface area contributed by atoms with Gasteiger partial charge in [0, 0.05) is 16.6 Å². The Balaban J connectivity index is 1.24. The highest BCUT2D eigenvalue weighted by Gasteiger charge is 2.36. The fraction of sp³-hybridized carbons (Fsp3) is 0.220. The lowest BCUT2D eigenvalue weighted by Gasteiger charge is -2.22. The third-order valence-electron chi connectivity index (χ3n) is 8.40. The summed E-state index contributed by atoms with van der Waals surface area (Å²) in [5.41, 5.74) is 5.88. The van der Waals surface area contributed by atoms with E-state index in [2.05, 4.69) is 27.0 Å². The molecule has 0 radical (unpaired) electrons. The predicted octanol–water partition coefficient (Wildman–Crippen LogP) is 7.96. The van der Waals surface area contributed by atoms with Crippen LogP contribution in [0.1, 0.15) is 70.7 Å². The molecule has 0 spiro atoms. The molecule has 0 aromatic heterocycles. The van der Waals surface area contributed by atoms with Gasteiger partial charge in [-0.05, 0) is 122 Å². The zero-order chi connectivity index (χ0) is 37.0. The van der Waals surface area contributed by atoms with Crippen molar-refractivity contribution in [2.75, 3.05) is 13.6 Å². The first kappa shape index (κ1) is 36.1. The lowest BCUT2D eigenvalue weighted by molar-refractivity contribution is -0.146. The number of rotatable bonds is 12. The van der Waals surface area contributed by atoms with Crippen molar-refractivity contribution in [3.63, 3.8) is 0 Å². The van der Waals surface area contributed by atoms with Crippen molar-refractivity contribution in [1.29, 1.82) is 0 Å². The van der Waals surface area contributed by atoms with Crippen molar-refractivity contribution >= 4 is 23.9 Å². The summed E-state index contributed by atoms with van der Waals surface area (Å²) < 4.78 is 32.5. The Labute approximate surface area is 296 Å².